The van der Waals surface area contributed by atoms with Gasteiger partial charge in [0.25, 0.3) is 0 Å². The molecule has 0 bridgehead atoms. The largest absolute Gasteiger partial charge is 0.393 e. The molecule has 0 aromatic carbocycles. The average molecular weight is 411 g/mol. The third-order valence-electron chi connectivity index (χ3n) is 8.40. The van der Waals surface area contributed by atoms with Gasteiger partial charge in [0.05, 0.1) is 18.3 Å². The SMILES string of the molecule is CCC1CCC(CC(O)C(O)CCC(C)(C)CC[C@H](O)C2CCC(C)CC2)CC1. The predicted octanol–water partition coefficient (Wildman–Crippen LogP) is 6.09. The summed E-state index contributed by atoms with van der Waals surface area (Å²) in [7, 11) is 0. The highest BCUT2D eigenvalue weighted by molar-refractivity contribution is 4.81. The summed E-state index contributed by atoms with van der Waals surface area (Å²) in [5, 5.41) is 31.6. The minimum absolute atomic E-state index is 0.100. The van der Waals surface area contributed by atoms with Crippen LogP contribution in [-0.2, 0) is 0 Å². The van der Waals surface area contributed by atoms with Gasteiger partial charge in [0.15, 0.2) is 0 Å². The first-order valence-electron chi connectivity index (χ1n) is 12.7. The second kappa shape index (κ2) is 12.1. The van der Waals surface area contributed by atoms with Crippen molar-refractivity contribution in [2.24, 2.45) is 29.1 Å². The molecule has 2 rings (SSSR count). The molecule has 3 nitrogen and oxygen atoms in total. The van der Waals surface area contributed by atoms with Crippen LogP contribution in [0, 0.1) is 29.1 Å². The molecule has 0 aromatic heterocycles. The molecular formula is C26H50O3. The molecule has 0 saturated heterocycles. The van der Waals surface area contributed by atoms with Gasteiger partial charge in [-0.1, -0.05) is 72.6 Å². The fraction of sp³-hybridized carbons (Fsp3) is 1.00. The molecule has 3 N–H and O–H groups in total. The van der Waals surface area contributed by atoms with Crippen LogP contribution < -0.4 is 0 Å². The first-order valence-corrected chi connectivity index (χ1v) is 12.7. The minimum atomic E-state index is -0.608. The van der Waals surface area contributed by atoms with Gasteiger partial charge in [-0.05, 0) is 74.0 Å². The van der Waals surface area contributed by atoms with Crippen LogP contribution in [0.4, 0.5) is 0 Å². The summed E-state index contributed by atoms with van der Waals surface area (Å²) >= 11 is 0. The zero-order chi connectivity index (χ0) is 21.4. The Bertz CT molecular complexity index is 433. The predicted molar refractivity (Wildman–Crippen MR) is 122 cm³/mol. The molecule has 0 aromatic rings. The van der Waals surface area contributed by atoms with E-state index in [1.165, 1.54) is 57.8 Å². The van der Waals surface area contributed by atoms with Gasteiger partial charge in [0.2, 0.25) is 0 Å². The van der Waals surface area contributed by atoms with E-state index in [1.807, 2.05) is 0 Å². The van der Waals surface area contributed by atoms with Crippen LogP contribution in [-0.4, -0.2) is 33.6 Å². The van der Waals surface area contributed by atoms with Crippen molar-refractivity contribution in [3.63, 3.8) is 0 Å². The summed E-state index contributed by atoms with van der Waals surface area (Å²) in [6, 6.07) is 0. The first-order chi connectivity index (χ1) is 13.7. The molecule has 0 radical (unpaired) electrons. The highest BCUT2D eigenvalue weighted by Gasteiger charge is 2.29. The second-order valence-electron chi connectivity index (χ2n) is 11.5. The molecule has 0 spiro atoms. The molecule has 0 amide bonds. The smallest absolute Gasteiger partial charge is 0.0801 e. The van der Waals surface area contributed by atoms with Gasteiger partial charge in [-0.15, -0.1) is 0 Å². The van der Waals surface area contributed by atoms with Crippen LogP contribution in [0.3, 0.4) is 0 Å². The van der Waals surface area contributed by atoms with E-state index in [9.17, 15) is 15.3 Å². The molecule has 2 saturated carbocycles. The van der Waals surface area contributed by atoms with Crippen molar-refractivity contribution in [3.05, 3.63) is 0 Å². The lowest BCUT2D eigenvalue weighted by Crippen LogP contribution is -2.31. The number of hydrogen-bond acceptors (Lipinski definition) is 3. The summed E-state index contributed by atoms with van der Waals surface area (Å²) in [5.74, 6) is 2.77. The average Bonchev–Trinajstić information content (AvgIpc) is 2.71. The van der Waals surface area contributed by atoms with E-state index >= 15 is 0 Å². The molecule has 2 unspecified atom stereocenters. The van der Waals surface area contributed by atoms with Crippen LogP contribution in [0.15, 0.2) is 0 Å². The topological polar surface area (TPSA) is 60.7 Å². The lowest BCUT2D eigenvalue weighted by Gasteiger charge is -2.33. The quantitative estimate of drug-likeness (QED) is 0.386. The van der Waals surface area contributed by atoms with Crippen LogP contribution in [0.25, 0.3) is 0 Å². The van der Waals surface area contributed by atoms with Gasteiger partial charge in [0.1, 0.15) is 0 Å². The maximum absolute atomic E-state index is 10.6. The third kappa shape index (κ3) is 8.87. The van der Waals surface area contributed by atoms with E-state index in [4.69, 9.17) is 0 Å². The Labute approximate surface area is 180 Å². The van der Waals surface area contributed by atoms with Crippen LogP contribution in [0.5, 0.6) is 0 Å². The molecule has 2 aliphatic rings. The van der Waals surface area contributed by atoms with Gasteiger partial charge in [-0.2, -0.15) is 0 Å². The van der Waals surface area contributed by atoms with Crippen LogP contribution >= 0.6 is 0 Å². The number of hydrogen-bond donors (Lipinski definition) is 3. The van der Waals surface area contributed by atoms with Crippen molar-refractivity contribution in [2.75, 3.05) is 0 Å². The lowest BCUT2D eigenvalue weighted by atomic mass is 9.75. The monoisotopic (exact) mass is 410 g/mol. The van der Waals surface area contributed by atoms with Crippen molar-refractivity contribution in [1.29, 1.82) is 0 Å². The molecule has 172 valence electrons. The molecule has 3 atom stereocenters. The van der Waals surface area contributed by atoms with Crippen LogP contribution in [0.1, 0.15) is 118 Å². The molecule has 29 heavy (non-hydrogen) atoms. The Morgan fingerprint density at radius 3 is 1.90 bits per heavy atom. The number of rotatable bonds is 11. The van der Waals surface area contributed by atoms with E-state index in [0.29, 0.717) is 18.3 Å². The maximum atomic E-state index is 10.6. The standard InChI is InChI=1S/C26H50O3/c1-5-20-8-10-21(11-9-20)18-25(29)24(28)15-17-26(3,4)16-14-23(27)22-12-6-19(2)7-13-22/h19-25,27-29H,5-18H2,1-4H3/t19?,20?,21?,22?,23-,24?,25?/m0/s1. The highest BCUT2D eigenvalue weighted by Crippen LogP contribution is 2.36. The zero-order valence-electron chi connectivity index (χ0n) is 19.8. The van der Waals surface area contributed by atoms with Gasteiger partial charge >= 0.3 is 0 Å². The molecule has 2 fully saturated rings. The summed E-state index contributed by atoms with van der Waals surface area (Å²) in [6.45, 7) is 9.09. The van der Waals surface area contributed by atoms with E-state index in [-0.39, 0.29) is 11.5 Å². The molecular weight excluding hydrogens is 360 g/mol. The van der Waals surface area contributed by atoms with E-state index in [0.717, 1.165) is 37.5 Å². The number of aliphatic hydroxyl groups is 3. The normalized spacial score (nSPS) is 32.0. The summed E-state index contributed by atoms with van der Waals surface area (Å²) in [4.78, 5) is 0. The Kier molecular flexibility index (Phi) is 10.5. The lowest BCUT2D eigenvalue weighted by molar-refractivity contribution is -0.0111. The Morgan fingerprint density at radius 1 is 0.759 bits per heavy atom. The summed E-state index contributed by atoms with van der Waals surface area (Å²) in [5.41, 5.74) is 0.100. The molecule has 2 aliphatic carbocycles. The third-order valence-corrected chi connectivity index (χ3v) is 8.40. The van der Waals surface area contributed by atoms with Crippen molar-refractivity contribution >= 4 is 0 Å². The van der Waals surface area contributed by atoms with E-state index in [2.05, 4.69) is 27.7 Å². The van der Waals surface area contributed by atoms with Crippen molar-refractivity contribution in [2.45, 2.75) is 136 Å². The highest BCUT2D eigenvalue weighted by atomic mass is 16.3. The summed E-state index contributed by atoms with van der Waals surface area (Å²) < 4.78 is 0. The molecule has 3 heteroatoms. The number of aliphatic hydroxyl groups excluding tert-OH is 3. The van der Waals surface area contributed by atoms with Crippen LogP contribution in [0.2, 0.25) is 0 Å². The Balaban J connectivity index is 1.64. The Morgan fingerprint density at radius 2 is 1.31 bits per heavy atom. The molecule has 0 aliphatic heterocycles. The fourth-order valence-electron chi connectivity index (χ4n) is 5.68. The first kappa shape index (κ1) is 25.1. The van der Waals surface area contributed by atoms with Crippen molar-refractivity contribution < 1.29 is 15.3 Å². The minimum Gasteiger partial charge on any atom is -0.393 e. The van der Waals surface area contributed by atoms with Gasteiger partial charge < -0.3 is 15.3 Å². The van der Waals surface area contributed by atoms with Gasteiger partial charge in [-0.25, -0.2) is 0 Å². The fourth-order valence-corrected chi connectivity index (χ4v) is 5.68. The van der Waals surface area contributed by atoms with E-state index in [1.54, 1.807) is 0 Å². The van der Waals surface area contributed by atoms with Crippen molar-refractivity contribution in [1.82, 2.24) is 0 Å². The van der Waals surface area contributed by atoms with E-state index < -0.39 is 12.2 Å². The Hall–Kier alpha value is -0.120. The zero-order valence-corrected chi connectivity index (χ0v) is 19.8. The second-order valence-corrected chi connectivity index (χ2v) is 11.5. The van der Waals surface area contributed by atoms with Crippen molar-refractivity contribution in [3.8, 4) is 0 Å². The maximum Gasteiger partial charge on any atom is 0.0801 e. The molecule has 0 heterocycles. The van der Waals surface area contributed by atoms with Gasteiger partial charge in [0, 0.05) is 0 Å². The summed E-state index contributed by atoms with van der Waals surface area (Å²) in [6.07, 6.45) is 14.0. The van der Waals surface area contributed by atoms with Gasteiger partial charge in [-0.3, -0.25) is 0 Å².